The van der Waals surface area contributed by atoms with Gasteiger partial charge >= 0.3 is 0 Å². The molecule has 0 radical (unpaired) electrons. The number of benzene rings is 1. The molecule has 1 aromatic rings. The first-order valence-electron chi connectivity index (χ1n) is 3.53. The lowest BCUT2D eigenvalue weighted by molar-refractivity contribution is 0.609. The summed E-state index contributed by atoms with van der Waals surface area (Å²) in [6.45, 7) is 0. The minimum absolute atomic E-state index is 0.224. The largest absolute Gasteiger partial charge is 0.236 e. The van der Waals surface area contributed by atoms with Gasteiger partial charge in [-0.05, 0) is 17.7 Å². The molecule has 0 heterocycles. The molecule has 1 rings (SSSR count). The molecule has 0 saturated carbocycles. The van der Waals surface area contributed by atoms with E-state index < -0.39 is 9.05 Å². The average Bonchev–Trinajstić information content (AvgIpc) is 2.06. The van der Waals surface area contributed by atoms with Gasteiger partial charge in [-0.2, -0.15) is 5.26 Å². The van der Waals surface area contributed by atoms with Gasteiger partial charge in [0.2, 0.25) is 9.05 Å². The highest BCUT2D eigenvalue weighted by molar-refractivity contribution is 8.13. The zero-order valence-corrected chi connectivity index (χ0v) is 9.20. The van der Waals surface area contributed by atoms with Crippen molar-refractivity contribution in [2.75, 3.05) is 0 Å². The second-order valence-corrected chi connectivity index (χ2v) is 5.81. The lowest BCUT2D eigenvalue weighted by Gasteiger charge is -2.01. The van der Waals surface area contributed by atoms with Gasteiger partial charge in [-0.15, -0.1) is 0 Å². The van der Waals surface area contributed by atoms with Crippen LogP contribution >= 0.6 is 22.3 Å². The maximum atomic E-state index is 10.8. The van der Waals surface area contributed by atoms with E-state index in [9.17, 15) is 8.42 Å². The lowest BCUT2D eigenvalue weighted by Crippen LogP contribution is -1.97. The van der Waals surface area contributed by atoms with Crippen LogP contribution in [0.3, 0.4) is 0 Å². The van der Waals surface area contributed by atoms with Gasteiger partial charge in [-0.25, -0.2) is 8.42 Å². The fraction of sp³-hybridized carbons (Fsp3) is 0.125. The van der Waals surface area contributed by atoms with E-state index in [1.165, 1.54) is 18.2 Å². The van der Waals surface area contributed by atoms with E-state index in [0.29, 0.717) is 10.6 Å². The number of hydrogen-bond donors (Lipinski definition) is 0. The summed E-state index contributed by atoms with van der Waals surface area (Å²) in [6.07, 6.45) is 0. The summed E-state index contributed by atoms with van der Waals surface area (Å²) in [4.78, 5) is 0. The Morgan fingerprint density at radius 3 is 2.57 bits per heavy atom. The number of halogens is 2. The van der Waals surface area contributed by atoms with Crippen LogP contribution in [0.5, 0.6) is 0 Å². The minimum Gasteiger partial charge on any atom is -0.212 e. The van der Waals surface area contributed by atoms with Crippen molar-refractivity contribution in [1.29, 1.82) is 5.26 Å². The van der Waals surface area contributed by atoms with E-state index in [1.807, 2.05) is 6.07 Å². The quantitative estimate of drug-likeness (QED) is 0.756. The second kappa shape index (κ2) is 4.18. The van der Waals surface area contributed by atoms with E-state index in [1.54, 1.807) is 0 Å². The first-order chi connectivity index (χ1) is 6.42. The molecule has 0 spiro atoms. The van der Waals surface area contributed by atoms with E-state index in [-0.39, 0.29) is 11.3 Å². The number of hydrogen-bond acceptors (Lipinski definition) is 3. The molecular formula is C8H5Cl2NO2S. The summed E-state index contributed by atoms with van der Waals surface area (Å²) in [5.74, 6) is -0.366. The van der Waals surface area contributed by atoms with Crippen molar-refractivity contribution in [3.8, 4) is 6.07 Å². The third-order valence-corrected chi connectivity index (χ3v) is 2.74. The Bertz CT molecular complexity index is 491. The van der Waals surface area contributed by atoms with Crippen LogP contribution in [0.2, 0.25) is 5.02 Å². The van der Waals surface area contributed by atoms with Gasteiger partial charge in [0.1, 0.15) is 0 Å². The van der Waals surface area contributed by atoms with Crippen LogP contribution in [0.1, 0.15) is 11.1 Å². The summed E-state index contributed by atoms with van der Waals surface area (Å²) in [5.41, 5.74) is 0.577. The average molecular weight is 250 g/mol. The molecule has 74 valence electrons. The van der Waals surface area contributed by atoms with E-state index >= 15 is 0 Å². The minimum atomic E-state index is -3.64. The van der Waals surface area contributed by atoms with Crippen molar-refractivity contribution in [3.05, 3.63) is 34.3 Å². The number of rotatable bonds is 2. The number of nitriles is 1. The van der Waals surface area contributed by atoms with Gasteiger partial charge in [0, 0.05) is 15.7 Å². The molecule has 0 aromatic heterocycles. The summed E-state index contributed by atoms with van der Waals surface area (Å²) >= 11 is 5.63. The predicted molar refractivity (Wildman–Crippen MR) is 54.6 cm³/mol. The fourth-order valence-electron chi connectivity index (χ4n) is 0.964. The Balaban J connectivity index is 3.17. The van der Waals surface area contributed by atoms with Gasteiger partial charge < -0.3 is 0 Å². The van der Waals surface area contributed by atoms with Crippen molar-refractivity contribution < 1.29 is 8.42 Å². The zero-order valence-electron chi connectivity index (χ0n) is 6.87. The summed E-state index contributed by atoms with van der Waals surface area (Å²) in [6, 6.07) is 6.24. The van der Waals surface area contributed by atoms with Gasteiger partial charge in [-0.3, -0.25) is 0 Å². The highest BCUT2D eigenvalue weighted by atomic mass is 35.7. The Morgan fingerprint density at radius 1 is 1.43 bits per heavy atom. The summed E-state index contributed by atoms with van der Waals surface area (Å²) in [5, 5.41) is 9.08. The monoisotopic (exact) mass is 249 g/mol. The van der Waals surface area contributed by atoms with E-state index in [4.69, 9.17) is 27.5 Å². The third-order valence-electron chi connectivity index (χ3n) is 1.52. The molecule has 0 aliphatic carbocycles. The highest BCUT2D eigenvalue weighted by Gasteiger charge is 2.11. The fourth-order valence-corrected chi connectivity index (χ4v) is 2.11. The van der Waals surface area contributed by atoms with Crippen LogP contribution in [-0.4, -0.2) is 8.42 Å². The topological polar surface area (TPSA) is 57.9 Å². The van der Waals surface area contributed by atoms with Crippen molar-refractivity contribution in [1.82, 2.24) is 0 Å². The van der Waals surface area contributed by atoms with Crippen LogP contribution in [0, 0.1) is 11.3 Å². The Kier molecular flexibility index (Phi) is 3.38. The molecule has 0 atom stereocenters. The molecule has 0 fully saturated rings. The highest BCUT2D eigenvalue weighted by Crippen LogP contribution is 2.18. The SMILES string of the molecule is N#Cc1cc(Cl)ccc1CS(=O)(=O)Cl. The van der Waals surface area contributed by atoms with E-state index in [2.05, 4.69) is 0 Å². The molecule has 0 aliphatic rings. The molecule has 1 aromatic carbocycles. The van der Waals surface area contributed by atoms with Gasteiger partial charge in [0.05, 0.1) is 17.4 Å². The Hall–Kier alpha value is -0.760. The first kappa shape index (κ1) is 11.3. The van der Waals surface area contributed by atoms with Crippen LogP contribution in [0.25, 0.3) is 0 Å². The van der Waals surface area contributed by atoms with Gasteiger partial charge in [-0.1, -0.05) is 17.7 Å². The Labute approximate surface area is 91.3 Å². The van der Waals surface area contributed by atoms with Crippen molar-refractivity contribution in [2.45, 2.75) is 5.75 Å². The maximum absolute atomic E-state index is 10.8. The number of nitrogens with zero attached hydrogens (tertiary/aromatic N) is 1. The lowest BCUT2D eigenvalue weighted by atomic mass is 10.1. The van der Waals surface area contributed by atoms with Crippen molar-refractivity contribution in [3.63, 3.8) is 0 Å². The molecule has 0 unspecified atom stereocenters. The Morgan fingerprint density at radius 2 is 2.07 bits per heavy atom. The molecular weight excluding hydrogens is 245 g/mol. The van der Waals surface area contributed by atoms with Crippen LogP contribution in [-0.2, 0) is 14.8 Å². The summed E-state index contributed by atoms with van der Waals surface area (Å²) in [7, 11) is 1.42. The third kappa shape index (κ3) is 3.18. The molecule has 3 nitrogen and oxygen atoms in total. The molecule has 14 heavy (non-hydrogen) atoms. The predicted octanol–water partition coefficient (Wildman–Crippen LogP) is 2.28. The second-order valence-electron chi connectivity index (χ2n) is 2.60. The molecule has 0 aliphatic heterocycles. The van der Waals surface area contributed by atoms with Crippen LogP contribution < -0.4 is 0 Å². The van der Waals surface area contributed by atoms with Gasteiger partial charge in [0.15, 0.2) is 0 Å². The molecule has 0 bridgehead atoms. The molecule has 0 amide bonds. The smallest absolute Gasteiger partial charge is 0.212 e. The molecule has 6 heteroatoms. The zero-order chi connectivity index (χ0) is 10.8. The van der Waals surface area contributed by atoms with Gasteiger partial charge in [0.25, 0.3) is 0 Å². The van der Waals surface area contributed by atoms with Crippen LogP contribution in [0.15, 0.2) is 18.2 Å². The molecule has 0 N–H and O–H groups in total. The first-order valence-corrected chi connectivity index (χ1v) is 6.39. The summed E-state index contributed by atoms with van der Waals surface area (Å²) < 4.78 is 21.6. The van der Waals surface area contributed by atoms with E-state index in [0.717, 1.165) is 0 Å². The molecule has 0 saturated heterocycles. The van der Waals surface area contributed by atoms with Crippen molar-refractivity contribution in [2.24, 2.45) is 0 Å². The van der Waals surface area contributed by atoms with Crippen LogP contribution in [0.4, 0.5) is 0 Å². The van der Waals surface area contributed by atoms with Crippen molar-refractivity contribution >= 4 is 31.3 Å². The standard InChI is InChI=1S/C8H5Cl2NO2S/c9-8-2-1-6(5-14(10,12)13)7(3-8)4-11/h1-3H,5H2. The normalized spacial score (nSPS) is 10.9. The maximum Gasteiger partial charge on any atom is 0.236 e.